The summed E-state index contributed by atoms with van der Waals surface area (Å²) in [6.45, 7) is 0. The summed E-state index contributed by atoms with van der Waals surface area (Å²) < 4.78 is 37.7. The number of hydrogen-bond donors (Lipinski definition) is 1. The highest BCUT2D eigenvalue weighted by Gasteiger charge is 2.31. The summed E-state index contributed by atoms with van der Waals surface area (Å²) in [7, 11) is 0. The molecule has 0 saturated carbocycles. The van der Waals surface area contributed by atoms with Gasteiger partial charge in [-0.3, -0.25) is 4.98 Å². The summed E-state index contributed by atoms with van der Waals surface area (Å²) >= 11 is 6.03. The van der Waals surface area contributed by atoms with E-state index in [4.69, 9.17) is 11.6 Å². The number of aryl methyl sites for hydroxylation is 2. The molecule has 0 unspecified atom stereocenters. The third-order valence-corrected chi connectivity index (χ3v) is 4.70. The molecule has 0 aromatic carbocycles. The lowest BCUT2D eigenvalue weighted by molar-refractivity contribution is -0.141. The Hall–Kier alpha value is -3.00. The highest BCUT2D eigenvalue weighted by molar-refractivity contribution is 6.31. The summed E-state index contributed by atoms with van der Waals surface area (Å²) in [5.41, 5.74) is 2.56. The molecule has 0 saturated heterocycles. The maximum Gasteiger partial charge on any atom is 0.433 e. The van der Waals surface area contributed by atoms with E-state index in [-0.39, 0.29) is 0 Å². The molecule has 9 heteroatoms. The molecule has 4 heterocycles. The average Bonchev–Trinajstić information content (AvgIpc) is 3.09. The normalized spacial score (nSPS) is 11.9. The molecule has 0 bridgehead atoms. The van der Waals surface area contributed by atoms with Crippen molar-refractivity contribution >= 4 is 22.6 Å². The number of pyridine rings is 2. The van der Waals surface area contributed by atoms with Gasteiger partial charge in [-0.05, 0) is 35.2 Å². The molecule has 0 fully saturated rings. The van der Waals surface area contributed by atoms with E-state index in [1.807, 2.05) is 12.3 Å². The largest absolute Gasteiger partial charge is 0.433 e. The molecular weight excluding hydrogens is 403 g/mol. The van der Waals surface area contributed by atoms with Crippen LogP contribution >= 0.6 is 11.6 Å². The molecule has 0 radical (unpaired) electrons. The van der Waals surface area contributed by atoms with Crippen molar-refractivity contribution in [2.24, 2.45) is 0 Å². The molecule has 0 amide bonds. The van der Waals surface area contributed by atoms with E-state index in [1.54, 1.807) is 18.6 Å². The third-order valence-electron chi connectivity index (χ3n) is 4.49. The van der Waals surface area contributed by atoms with E-state index in [0.717, 1.165) is 28.2 Å². The minimum atomic E-state index is -4.43. The van der Waals surface area contributed by atoms with Crippen molar-refractivity contribution in [3.8, 4) is 0 Å². The van der Waals surface area contributed by atoms with Gasteiger partial charge in [-0.15, -0.1) is 0 Å². The number of nitrogens with zero attached hydrogens (tertiary/aromatic N) is 4. The zero-order valence-electron chi connectivity index (χ0n) is 15.0. The van der Waals surface area contributed by atoms with Crippen LogP contribution in [0.5, 0.6) is 0 Å². The van der Waals surface area contributed by atoms with Crippen molar-refractivity contribution < 1.29 is 13.2 Å². The Bertz CT molecular complexity index is 1120. The maximum absolute atomic E-state index is 12.6. The summed E-state index contributed by atoms with van der Waals surface area (Å²) in [5.74, 6) is 0.622. The number of H-pyrrole nitrogens is 1. The van der Waals surface area contributed by atoms with E-state index in [1.165, 1.54) is 12.3 Å². The number of hydrogen-bond acceptors (Lipinski definition) is 4. The molecule has 0 aliphatic carbocycles. The van der Waals surface area contributed by atoms with Gasteiger partial charge in [0.05, 0.1) is 5.02 Å². The molecule has 29 heavy (non-hydrogen) atoms. The molecule has 4 aromatic heterocycles. The van der Waals surface area contributed by atoms with Gasteiger partial charge in [-0.25, -0.2) is 15.0 Å². The van der Waals surface area contributed by atoms with Gasteiger partial charge in [0.2, 0.25) is 0 Å². The van der Waals surface area contributed by atoms with Gasteiger partial charge in [-0.2, -0.15) is 13.2 Å². The first-order valence-corrected chi connectivity index (χ1v) is 9.20. The van der Waals surface area contributed by atoms with Crippen LogP contribution in [0.1, 0.15) is 28.2 Å². The lowest BCUT2D eigenvalue weighted by Gasteiger charge is -2.06. The van der Waals surface area contributed by atoms with Crippen molar-refractivity contribution in [2.75, 3.05) is 0 Å². The van der Waals surface area contributed by atoms with Crippen LogP contribution in [0.4, 0.5) is 13.2 Å². The molecule has 0 aliphatic rings. The lowest BCUT2D eigenvalue weighted by Crippen LogP contribution is -2.08. The Labute approximate surface area is 169 Å². The number of alkyl halides is 3. The molecule has 1 N–H and O–H groups in total. The first-order chi connectivity index (χ1) is 13.9. The number of fused-ring (bicyclic) bond motifs is 1. The van der Waals surface area contributed by atoms with E-state index in [2.05, 4.69) is 24.9 Å². The standard InChI is InChI=1S/C20H15ClF3N5/c21-15-6-16-14(10-28-19(16)29-11-15)5-13-8-26-18(27-9-13)4-2-12-1-3-17(25-7-12)20(22,23)24/h1,3,6-11H,2,4-5H2,(H,28,29). The van der Waals surface area contributed by atoms with Crippen LogP contribution in [-0.4, -0.2) is 24.9 Å². The van der Waals surface area contributed by atoms with Crippen molar-refractivity contribution in [3.63, 3.8) is 0 Å². The smallest absolute Gasteiger partial charge is 0.346 e. The van der Waals surface area contributed by atoms with E-state index in [9.17, 15) is 13.2 Å². The van der Waals surface area contributed by atoms with Crippen molar-refractivity contribution in [2.45, 2.75) is 25.4 Å². The lowest BCUT2D eigenvalue weighted by atomic mass is 10.1. The van der Waals surface area contributed by atoms with Gasteiger partial charge in [0.25, 0.3) is 0 Å². The van der Waals surface area contributed by atoms with Crippen molar-refractivity contribution in [1.82, 2.24) is 24.9 Å². The van der Waals surface area contributed by atoms with Gasteiger partial charge in [-0.1, -0.05) is 17.7 Å². The monoisotopic (exact) mass is 417 g/mol. The fourth-order valence-electron chi connectivity index (χ4n) is 3.00. The molecule has 4 aromatic rings. The Kier molecular flexibility index (Phi) is 5.19. The highest BCUT2D eigenvalue weighted by atomic mass is 35.5. The Morgan fingerprint density at radius 2 is 1.66 bits per heavy atom. The van der Waals surface area contributed by atoms with Crippen molar-refractivity contribution in [3.05, 3.63) is 82.4 Å². The summed E-state index contributed by atoms with van der Waals surface area (Å²) in [4.78, 5) is 19.6. The van der Waals surface area contributed by atoms with E-state index in [0.29, 0.717) is 35.7 Å². The zero-order valence-corrected chi connectivity index (χ0v) is 15.8. The summed E-state index contributed by atoms with van der Waals surface area (Å²) in [6.07, 6.45) is 5.46. The SMILES string of the molecule is FC(F)(F)c1ccc(CCc2ncc(Cc3c[nH]c4ncc(Cl)cc34)cn2)cn1. The number of aromatic amines is 1. The average molecular weight is 418 g/mol. The van der Waals surface area contributed by atoms with Crippen LogP contribution in [0, 0.1) is 0 Å². The topological polar surface area (TPSA) is 67.3 Å². The molecule has 148 valence electrons. The van der Waals surface area contributed by atoms with Crippen LogP contribution < -0.4 is 0 Å². The van der Waals surface area contributed by atoms with Crippen LogP contribution in [-0.2, 0) is 25.4 Å². The fraction of sp³-hybridized carbons (Fsp3) is 0.200. The second kappa shape index (κ2) is 7.79. The van der Waals surface area contributed by atoms with Crippen LogP contribution in [0.25, 0.3) is 11.0 Å². The molecule has 0 atom stereocenters. The number of halogens is 4. The summed E-state index contributed by atoms with van der Waals surface area (Å²) in [6, 6.07) is 4.28. The quantitative estimate of drug-likeness (QED) is 0.506. The Morgan fingerprint density at radius 3 is 2.34 bits per heavy atom. The van der Waals surface area contributed by atoms with Crippen molar-refractivity contribution in [1.29, 1.82) is 0 Å². The van der Waals surface area contributed by atoms with Crippen LogP contribution in [0.3, 0.4) is 0 Å². The molecular formula is C20H15ClF3N5. The first-order valence-electron chi connectivity index (χ1n) is 8.82. The Balaban J connectivity index is 1.39. The number of nitrogens with one attached hydrogen (secondary N) is 1. The minimum absolute atomic E-state index is 0.511. The predicted octanol–water partition coefficient (Wildman–Crippen LogP) is 4.80. The maximum atomic E-state index is 12.6. The molecule has 5 nitrogen and oxygen atoms in total. The first kappa shape index (κ1) is 19.3. The van der Waals surface area contributed by atoms with Gasteiger partial charge >= 0.3 is 6.18 Å². The van der Waals surface area contributed by atoms with E-state index < -0.39 is 11.9 Å². The van der Waals surface area contributed by atoms with Crippen LogP contribution in [0.15, 0.2) is 49.2 Å². The van der Waals surface area contributed by atoms with Crippen LogP contribution in [0.2, 0.25) is 5.02 Å². The molecule has 0 aliphatic heterocycles. The second-order valence-corrected chi connectivity index (χ2v) is 7.03. The van der Waals surface area contributed by atoms with E-state index >= 15 is 0 Å². The van der Waals surface area contributed by atoms with Gasteiger partial charge in [0, 0.05) is 49.2 Å². The number of rotatable bonds is 5. The van der Waals surface area contributed by atoms with Gasteiger partial charge < -0.3 is 4.98 Å². The summed E-state index contributed by atoms with van der Waals surface area (Å²) in [5, 5.41) is 1.53. The second-order valence-electron chi connectivity index (χ2n) is 6.60. The Morgan fingerprint density at radius 1 is 0.897 bits per heavy atom. The molecule has 4 rings (SSSR count). The third kappa shape index (κ3) is 4.54. The minimum Gasteiger partial charge on any atom is -0.346 e. The predicted molar refractivity (Wildman–Crippen MR) is 103 cm³/mol. The van der Waals surface area contributed by atoms with Gasteiger partial charge in [0.15, 0.2) is 0 Å². The molecule has 0 spiro atoms. The fourth-order valence-corrected chi connectivity index (χ4v) is 3.15. The number of aromatic nitrogens is 5. The zero-order chi connectivity index (χ0) is 20.4. The van der Waals surface area contributed by atoms with Gasteiger partial charge in [0.1, 0.15) is 17.2 Å². The highest BCUT2D eigenvalue weighted by Crippen LogP contribution is 2.27.